The number of aliphatic hydroxyl groups excluding tert-OH is 1. The van der Waals surface area contributed by atoms with Crippen molar-refractivity contribution in [3.63, 3.8) is 0 Å². The van der Waals surface area contributed by atoms with Gasteiger partial charge in [0.05, 0.1) is 16.7 Å². The normalized spacial score (nSPS) is 12.8. The fraction of sp³-hybridized carbons (Fsp3) is 0.167. The number of nitrogens with one attached hydrogen (secondary N) is 1. The van der Waals surface area contributed by atoms with Gasteiger partial charge >= 0.3 is 0 Å². The van der Waals surface area contributed by atoms with Crippen LogP contribution in [-0.2, 0) is 10.0 Å². The van der Waals surface area contributed by atoms with Crippen molar-refractivity contribution in [2.75, 3.05) is 6.54 Å². The standard InChI is InChI=1S/C18H18ClN3O3S/c19-15-4-1-3-14(13-15)18(23)9-11-21-26(24,25)17-7-5-16(6-8-17)22-12-2-10-20-22/h1-8,10,12-13,18,21,23H,9,11H2. The largest absolute Gasteiger partial charge is 0.388 e. The van der Waals surface area contributed by atoms with Gasteiger partial charge in [0.25, 0.3) is 0 Å². The van der Waals surface area contributed by atoms with E-state index in [2.05, 4.69) is 9.82 Å². The second kappa shape index (κ2) is 8.01. The summed E-state index contributed by atoms with van der Waals surface area (Å²) < 4.78 is 28.9. The molecule has 2 aromatic carbocycles. The van der Waals surface area contributed by atoms with Crippen LogP contribution in [0.5, 0.6) is 0 Å². The molecule has 0 aliphatic heterocycles. The second-order valence-corrected chi connectivity index (χ2v) is 7.91. The van der Waals surface area contributed by atoms with Gasteiger partial charge < -0.3 is 5.11 Å². The van der Waals surface area contributed by atoms with Crippen molar-refractivity contribution in [2.24, 2.45) is 0 Å². The maximum atomic E-state index is 12.4. The number of aromatic nitrogens is 2. The van der Waals surface area contributed by atoms with E-state index in [1.54, 1.807) is 59.5 Å². The number of rotatable bonds is 7. The number of hydrogen-bond donors (Lipinski definition) is 2. The van der Waals surface area contributed by atoms with Gasteiger partial charge in [-0.2, -0.15) is 5.10 Å². The van der Waals surface area contributed by atoms with Crippen molar-refractivity contribution in [3.8, 4) is 5.69 Å². The Kier molecular flexibility index (Phi) is 5.73. The Morgan fingerprint density at radius 3 is 2.58 bits per heavy atom. The molecule has 0 amide bonds. The van der Waals surface area contributed by atoms with Crippen molar-refractivity contribution in [1.82, 2.24) is 14.5 Å². The minimum Gasteiger partial charge on any atom is -0.388 e. The highest BCUT2D eigenvalue weighted by Crippen LogP contribution is 2.20. The summed E-state index contributed by atoms with van der Waals surface area (Å²) in [6.45, 7) is 0.108. The first-order valence-corrected chi connectivity index (χ1v) is 9.85. The Labute approximate surface area is 157 Å². The summed E-state index contributed by atoms with van der Waals surface area (Å²) in [7, 11) is -3.65. The Morgan fingerprint density at radius 2 is 1.92 bits per heavy atom. The fourth-order valence-electron chi connectivity index (χ4n) is 2.49. The molecule has 8 heteroatoms. The molecule has 0 saturated heterocycles. The molecule has 0 radical (unpaired) electrons. The van der Waals surface area contributed by atoms with E-state index in [9.17, 15) is 13.5 Å². The van der Waals surface area contributed by atoms with Crippen molar-refractivity contribution >= 4 is 21.6 Å². The predicted molar refractivity (Wildman–Crippen MR) is 99.8 cm³/mol. The number of benzene rings is 2. The van der Waals surface area contributed by atoms with E-state index in [1.807, 2.05) is 0 Å². The molecule has 0 bridgehead atoms. The van der Waals surface area contributed by atoms with Gasteiger partial charge in [0.1, 0.15) is 0 Å². The molecule has 0 fully saturated rings. The predicted octanol–water partition coefficient (Wildman–Crippen LogP) is 2.93. The average molecular weight is 392 g/mol. The molecule has 2 N–H and O–H groups in total. The lowest BCUT2D eigenvalue weighted by atomic mass is 10.1. The Morgan fingerprint density at radius 1 is 1.15 bits per heavy atom. The third kappa shape index (κ3) is 4.50. The van der Waals surface area contributed by atoms with Crippen LogP contribution in [0.1, 0.15) is 18.1 Å². The monoisotopic (exact) mass is 391 g/mol. The highest BCUT2D eigenvalue weighted by Gasteiger charge is 2.15. The van der Waals surface area contributed by atoms with Crippen LogP contribution in [0.3, 0.4) is 0 Å². The first-order chi connectivity index (χ1) is 12.5. The van der Waals surface area contributed by atoms with Crippen molar-refractivity contribution in [1.29, 1.82) is 0 Å². The molecule has 0 spiro atoms. The van der Waals surface area contributed by atoms with E-state index in [0.29, 0.717) is 10.6 Å². The van der Waals surface area contributed by atoms with E-state index in [4.69, 9.17) is 11.6 Å². The molecular weight excluding hydrogens is 374 g/mol. The maximum Gasteiger partial charge on any atom is 0.240 e. The van der Waals surface area contributed by atoms with Gasteiger partial charge in [0.2, 0.25) is 10.0 Å². The lowest BCUT2D eigenvalue weighted by Gasteiger charge is -2.12. The van der Waals surface area contributed by atoms with E-state index < -0.39 is 16.1 Å². The van der Waals surface area contributed by atoms with Gasteiger partial charge in [-0.1, -0.05) is 23.7 Å². The summed E-state index contributed by atoms with van der Waals surface area (Å²) in [4.78, 5) is 0.158. The summed E-state index contributed by atoms with van der Waals surface area (Å²) in [6.07, 6.45) is 2.88. The van der Waals surface area contributed by atoms with E-state index in [0.717, 1.165) is 5.69 Å². The van der Waals surface area contributed by atoms with Crippen LogP contribution in [0, 0.1) is 0 Å². The zero-order valence-electron chi connectivity index (χ0n) is 13.8. The van der Waals surface area contributed by atoms with Gasteiger partial charge in [0, 0.05) is 24.0 Å². The topological polar surface area (TPSA) is 84.2 Å². The maximum absolute atomic E-state index is 12.4. The zero-order chi connectivity index (χ0) is 18.6. The second-order valence-electron chi connectivity index (χ2n) is 5.70. The summed E-state index contributed by atoms with van der Waals surface area (Å²) in [6, 6.07) is 15.1. The molecule has 0 aliphatic carbocycles. The molecule has 1 atom stereocenters. The van der Waals surface area contributed by atoms with E-state index >= 15 is 0 Å². The molecule has 6 nitrogen and oxygen atoms in total. The van der Waals surface area contributed by atoms with Gasteiger partial charge in [0.15, 0.2) is 0 Å². The van der Waals surface area contributed by atoms with Crippen LogP contribution in [0.4, 0.5) is 0 Å². The molecule has 26 heavy (non-hydrogen) atoms. The van der Waals surface area contributed by atoms with Gasteiger partial charge in [-0.3, -0.25) is 0 Å². The number of aliphatic hydroxyl groups is 1. The zero-order valence-corrected chi connectivity index (χ0v) is 15.4. The SMILES string of the molecule is O=S(=O)(NCCC(O)c1cccc(Cl)c1)c1ccc(-n2cccn2)cc1. The van der Waals surface area contributed by atoms with Gasteiger partial charge in [-0.05, 0) is 54.4 Å². The number of hydrogen-bond acceptors (Lipinski definition) is 4. The quantitative estimate of drug-likeness (QED) is 0.648. The number of nitrogens with zero attached hydrogens (tertiary/aromatic N) is 2. The lowest BCUT2D eigenvalue weighted by molar-refractivity contribution is 0.169. The summed E-state index contributed by atoms with van der Waals surface area (Å²) in [5.41, 5.74) is 1.42. The van der Waals surface area contributed by atoms with Crippen LogP contribution in [-0.4, -0.2) is 29.8 Å². The lowest BCUT2D eigenvalue weighted by Crippen LogP contribution is -2.26. The van der Waals surface area contributed by atoms with Crippen LogP contribution in [0.2, 0.25) is 5.02 Å². The van der Waals surface area contributed by atoms with Crippen LogP contribution < -0.4 is 4.72 Å². The molecule has 1 heterocycles. The van der Waals surface area contributed by atoms with Crippen molar-refractivity contribution in [3.05, 3.63) is 77.6 Å². The third-order valence-corrected chi connectivity index (χ3v) is 5.57. The highest BCUT2D eigenvalue weighted by atomic mass is 35.5. The number of sulfonamides is 1. The first kappa shape index (κ1) is 18.6. The fourth-order valence-corrected chi connectivity index (χ4v) is 3.74. The molecule has 3 aromatic rings. The first-order valence-electron chi connectivity index (χ1n) is 7.99. The molecule has 3 rings (SSSR count). The van der Waals surface area contributed by atoms with Gasteiger partial charge in [-0.25, -0.2) is 17.8 Å². The Bertz CT molecular complexity index is 958. The van der Waals surface area contributed by atoms with E-state index in [1.165, 1.54) is 12.1 Å². The summed E-state index contributed by atoms with van der Waals surface area (Å²) in [5.74, 6) is 0. The van der Waals surface area contributed by atoms with E-state index in [-0.39, 0.29) is 17.9 Å². The molecular formula is C18H18ClN3O3S. The van der Waals surface area contributed by atoms with Crippen LogP contribution >= 0.6 is 11.6 Å². The highest BCUT2D eigenvalue weighted by molar-refractivity contribution is 7.89. The van der Waals surface area contributed by atoms with Crippen LogP contribution in [0.25, 0.3) is 5.69 Å². The number of halogens is 1. The molecule has 0 aliphatic rings. The third-order valence-electron chi connectivity index (χ3n) is 3.86. The Balaban J connectivity index is 1.60. The van der Waals surface area contributed by atoms with Gasteiger partial charge in [-0.15, -0.1) is 0 Å². The molecule has 136 valence electrons. The Hall–Kier alpha value is -2.19. The molecule has 1 aromatic heterocycles. The minimum absolute atomic E-state index is 0.108. The van der Waals surface area contributed by atoms with Crippen molar-refractivity contribution < 1.29 is 13.5 Å². The smallest absolute Gasteiger partial charge is 0.240 e. The van der Waals surface area contributed by atoms with Crippen LogP contribution in [0.15, 0.2) is 71.9 Å². The average Bonchev–Trinajstić information content (AvgIpc) is 3.16. The summed E-state index contributed by atoms with van der Waals surface area (Å²) >= 11 is 5.90. The van der Waals surface area contributed by atoms with Crippen molar-refractivity contribution in [2.45, 2.75) is 17.4 Å². The molecule has 0 saturated carbocycles. The summed E-state index contributed by atoms with van der Waals surface area (Å²) in [5, 5.41) is 14.8. The molecule has 1 unspecified atom stereocenters. The minimum atomic E-state index is -3.65.